The van der Waals surface area contributed by atoms with Crippen LogP contribution in [0, 0.1) is 5.82 Å². The number of hydrogen-bond acceptors (Lipinski definition) is 2. The summed E-state index contributed by atoms with van der Waals surface area (Å²) in [4.78, 5) is 17.7. The SMILES string of the molecule is COc1ccc(F)cc1C[NH+]1CC[NH+](CC(=O)N2CCCc3ccccc32)CC1. The van der Waals surface area contributed by atoms with E-state index in [4.69, 9.17) is 4.74 Å². The molecule has 1 fully saturated rings. The molecule has 0 radical (unpaired) electrons. The molecule has 6 heteroatoms. The standard InChI is InChI=1S/C23H28FN3O2/c1-29-22-9-8-20(24)15-19(22)16-25-11-13-26(14-12-25)17-23(28)27-10-4-6-18-5-2-3-7-21(18)27/h2-3,5,7-9,15H,4,6,10-14,16-17H2,1H3/p+2. The van der Waals surface area contributed by atoms with Crippen LogP contribution in [0.4, 0.5) is 10.1 Å². The Morgan fingerprint density at radius 1 is 1.10 bits per heavy atom. The molecule has 0 spiro atoms. The molecule has 0 aromatic heterocycles. The zero-order chi connectivity index (χ0) is 20.2. The number of anilines is 1. The van der Waals surface area contributed by atoms with Crippen molar-refractivity contribution in [3.63, 3.8) is 0 Å². The van der Waals surface area contributed by atoms with E-state index in [0.717, 1.165) is 69.1 Å². The number of carbonyl (C=O) groups is 1. The van der Waals surface area contributed by atoms with Crippen LogP contribution in [-0.2, 0) is 17.8 Å². The second-order valence-electron chi connectivity index (χ2n) is 8.09. The van der Waals surface area contributed by atoms with Crippen molar-refractivity contribution in [2.24, 2.45) is 0 Å². The summed E-state index contributed by atoms with van der Waals surface area (Å²) in [6, 6.07) is 13.0. The highest BCUT2D eigenvalue weighted by atomic mass is 19.1. The van der Waals surface area contributed by atoms with Crippen molar-refractivity contribution in [3.05, 3.63) is 59.4 Å². The van der Waals surface area contributed by atoms with E-state index in [1.54, 1.807) is 19.2 Å². The number of fused-ring (bicyclic) bond motifs is 1. The average molecular weight is 400 g/mol. The van der Waals surface area contributed by atoms with E-state index in [1.807, 2.05) is 17.0 Å². The number of para-hydroxylation sites is 1. The van der Waals surface area contributed by atoms with Gasteiger partial charge in [0.2, 0.25) is 0 Å². The fourth-order valence-electron chi connectivity index (χ4n) is 4.57. The number of nitrogens with one attached hydrogen (secondary N) is 2. The van der Waals surface area contributed by atoms with Crippen molar-refractivity contribution in [1.29, 1.82) is 0 Å². The number of rotatable bonds is 5. The van der Waals surface area contributed by atoms with Gasteiger partial charge < -0.3 is 19.4 Å². The third-order valence-electron chi connectivity index (χ3n) is 6.16. The molecule has 2 aliphatic heterocycles. The monoisotopic (exact) mass is 399 g/mol. The van der Waals surface area contributed by atoms with E-state index in [9.17, 15) is 9.18 Å². The van der Waals surface area contributed by atoms with Crippen molar-refractivity contribution < 1.29 is 23.7 Å². The van der Waals surface area contributed by atoms with Crippen LogP contribution in [0.2, 0.25) is 0 Å². The molecule has 2 heterocycles. The second kappa shape index (κ2) is 8.93. The Bertz CT molecular complexity index is 865. The quantitative estimate of drug-likeness (QED) is 0.749. The van der Waals surface area contributed by atoms with Gasteiger partial charge in [-0.15, -0.1) is 0 Å². The van der Waals surface area contributed by atoms with Crippen molar-refractivity contribution >= 4 is 11.6 Å². The smallest absolute Gasteiger partial charge is 0.282 e. The van der Waals surface area contributed by atoms with Gasteiger partial charge in [-0.1, -0.05) is 18.2 Å². The molecule has 0 saturated carbocycles. The molecule has 1 saturated heterocycles. The third kappa shape index (κ3) is 4.60. The van der Waals surface area contributed by atoms with E-state index in [2.05, 4.69) is 12.1 Å². The summed E-state index contributed by atoms with van der Waals surface area (Å²) in [5.41, 5.74) is 3.28. The minimum atomic E-state index is -0.225. The fourth-order valence-corrected chi connectivity index (χ4v) is 4.57. The Hall–Kier alpha value is -2.44. The van der Waals surface area contributed by atoms with Gasteiger partial charge >= 0.3 is 0 Å². The number of hydrogen-bond donors (Lipinski definition) is 2. The maximum atomic E-state index is 13.6. The number of aryl methyl sites for hydroxylation is 1. The van der Waals surface area contributed by atoms with Crippen molar-refractivity contribution in [1.82, 2.24) is 0 Å². The van der Waals surface area contributed by atoms with Crippen molar-refractivity contribution in [2.45, 2.75) is 19.4 Å². The molecule has 0 aliphatic carbocycles. The minimum Gasteiger partial charge on any atom is -0.496 e. The number of methoxy groups -OCH3 is 1. The number of ether oxygens (including phenoxy) is 1. The second-order valence-corrected chi connectivity index (χ2v) is 8.09. The first-order valence-corrected chi connectivity index (χ1v) is 10.5. The highest BCUT2D eigenvalue weighted by Gasteiger charge is 2.29. The Morgan fingerprint density at radius 3 is 2.66 bits per heavy atom. The lowest BCUT2D eigenvalue weighted by molar-refractivity contribution is -1.02. The van der Waals surface area contributed by atoms with Crippen LogP contribution in [0.5, 0.6) is 5.75 Å². The van der Waals surface area contributed by atoms with Crippen LogP contribution in [0.1, 0.15) is 17.5 Å². The van der Waals surface area contributed by atoms with Crippen molar-refractivity contribution in [3.8, 4) is 5.75 Å². The average Bonchev–Trinajstić information content (AvgIpc) is 2.75. The van der Waals surface area contributed by atoms with Crippen LogP contribution in [0.25, 0.3) is 0 Å². The van der Waals surface area contributed by atoms with Crippen LogP contribution in [0.3, 0.4) is 0 Å². The van der Waals surface area contributed by atoms with E-state index >= 15 is 0 Å². The normalized spacial score (nSPS) is 21.5. The predicted octanol–water partition coefficient (Wildman–Crippen LogP) is 0.0971. The Morgan fingerprint density at radius 2 is 1.86 bits per heavy atom. The molecule has 2 aromatic rings. The van der Waals surface area contributed by atoms with Gasteiger partial charge in [-0.3, -0.25) is 4.79 Å². The zero-order valence-electron chi connectivity index (χ0n) is 17.0. The molecule has 2 aliphatic rings. The number of nitrogens with zero attached hydrogens (tertiary/aromatic N) is 1. The number of halogens is 1. The van der Waals surface area contributed by atoms with Gasteiger partial charge in [0.05, 0.1) is 12.7 Å². The summed E-state index contributed by atoms with van der Waals surface area (Å²) in [5.74, 6) is 0.742. The molecule has 5 nitrogen and oxygen atoms in total. The highest BCUT2D eigenvalue weighted by molar-refractivity contribution is 5.95. The highest BCUT2D eigenvalue weighted by Crippen LogP contribution is 2.26. The third-order valence-corrected chi connectivity index (χ3v) is 6.16. The predicted molar refractivity (Wildman–Crippen MR) is 110 cm³/mol. The summed E-state index contributed by atoms with van der Waals surface area (Å²) in [6.45, 7) is 5.96. The topological polar surface area (TPSA) is 38.4 Å². The van der Waals surface area contributed by atoms with E-state index in [0.29, 0.717) is 6.54 Å². The molecule has 0 bridgehead atoms. The number of amides is 1. The van der Waals surface area contributed by atoms with Crippen LogP contribution in [0.15, 0.2) is 42.5 Å². The molecule has 154 valence electrons. The van der Waals surface area contributed by atoms with E-state index in [-0.39, 0.29) is 11.7 Å². The fraction of sp³-hybridized carbons (Fsp3) is 0.435. The maximum absolute atomic E-state index is 13.6. The summed E-state index contributed by atoms with van der Waals surface area (Å²) in [5, 5.41) is 0. The van der Waals surface area contributed by atoms with Gasteiger partial charge in [0.25, 0.3) is 5.91 Å². The number of quaternary nitrogens is 2. The number of carbonyl (C=O) groups excluding carboxylic acids is 1. The van der Waals surface area contributed by atoms with E-state index < -0.39 is 0 Å². The Kier molecular flexibility index (Phi) is 6.11. The van der Waals surface area contributed by atoms with Crippen LogP contribution >= 0.6 is 0 Å². The van der Waals surface area contributed by atoms with Crippen LogP contribution in [-0.4, -0.2) is 52.3 Å². The summed E-state index contributed by atoms with van der Waals surface area (Å²) in [7, 11) is 1.62. The molecular weight excluding hydrogens is 369 g/mol. The van der Waals surface area contributed by atoms with Gasteiger partial charge in [-0.05, 0) is 42.7 Å². The number of piperazine rings is 1. The maximum Gasteiger partial charge on any atom is 0.282 e. The van der Waals surface area contributed by atoms with E-state index in [1.165, 1.54) is 21.4 Å². The molecule has 2 aromatic carbocycles. The Labute approximate surface area is 171 Å². The van der Waals surface area contributed by atoms with Crippen molar-refractivity contribution in [2.75, 3.05) is 51.3 Å². The van der Waals surface area contributed by atoms with Gasteiger partial charge in [-0.2, -0.15) is 0 Å². The molecule has 2 N–H and O–H groups in total. The molecule has 0 unspecified atom stereocenters. The van der Waals surface area contributed by atoms with Gasteiger partial charge in [-0.25, -0.2) is 4.39 Å². The lowest BCUT2D eigenvalue weighted by Gasteiger charge is -2.33. The zero-order valence-corrected chi connectivity index (χ0v) is 17.0. The minimum absolute atomic E-state index is 0.224. The molecule has 4 rings (SSSR count). The molecule has 0 atom stereocenters. The first kappa shape index (κ1) is 19.9. The largest absolute Gasteiger partial charge is 0.496 e. The Balaban J connectivity index is 1.32. The van der Waals surface area contributed by atoms with Crippen LogP contribution < -0.4 is 19.4 Å². The lowest BCUT2D eigenvalue weighted by atomic mass is 10.0. The molecule has 1 amide bonds. The summed E-state index contributed by atoms with van der Waals surface area (Å²) < 4.78 is 19.0. The molecule has 29 heavy (non-hydrogen) atoms. The van der Waals surface area contributed by atoms with Gasteiger partial charge in [0, 0.05) is 12.2 Å². The summed E-state index contributed by atoms with van der Waals surface area (Å²) in [6.07, 6.45) is 2.09. The first-order chi connectivity index (χ1) is 14.1. The first-order valence-electron chi connectivity index (χ1n) is 10.5. The number of benzene rings is 2. The molecular formula is C23H30FN3O2+2. The van der Waals surface area contributed by atoms with Gasteiger partial charge in [0.1, 0.15) is 44.3 Å². The van der Waals surface area contributed by atoms with Gasteiger partial charge in [0.15, 0.2) is 6.54 Å². The lowest BCUT2D eigenvalue weighted by Crippen LogP contribution is -3.28. The summed E-state index contributed by atoms with van der Waals surface area (Å²) >= 11 is 0.